The Bertz CT molecular complexity index is 1030. The number of aryl methyl sites for hydroxylation is 2. The molecule has 1 aliphatic rings. The van der Waals surface area contributed by atoms with Crippen LogP contribution >= 0.6 is 11.3 Å². The van der Waals surface area contributed by atoms with Crippen molar-refractivity contribution in [3.8, 4) is 10.7 Å². The maximum Gasteiger partial charge on any atom is 0.243 e. The summed E-state index contributed by atoms with van der Waals surface area (Å²) < 4.78 is 32.9. The van der Waals surface area contributed by atoms with Gasteiger partial charge >= 0.3 is 0 Å². The molecule has 3 heterocycles. The van der Waals surface area contributed by atoms with Crippen molar-refractivity contribution in [2.75, 3.05) is 13.1 Å². The third-order valence-electron chi connectivity index (χ3n) is 5.10. The second kappa shape index (κ2) is 7.18. The molecule has 0 amide bonds. The first-order valence-electron chi connectivity index (χ1n) is 8.90. The highest BCUT2D eigenvalue weighted by Crippen LogP contribution is 2.32. The number of thiophene rings is 1. The summed E-state index contributed by atoms with van der Waals surface area (Å²) in [6.07, 6.45) is 1.35. The largest absolute Gasteiger partial charge is 0.339 e. The Morgan fingerprint density at radius 1 is 1.15 bits per heavy atom. The van der Waals surface area contributed by atoms with E-state index >= 15 is 0 Å². The Labute approximate surface area is 162 Å². The zero-order valence-corrected chi connectivity index (χ0v) is 16.9. The van der Waals surface area contributed by atoms with Crippen LogP contribution in [-0.4, -0.2) is 36.0 Å². The molecule has 142 valence electrons. The third kappa shape index (κ3) is 3.56. The minimum atomic E-state index is -3.47. The molecule has 0 aliphatic carbocycles. The molecule has 0 spiro atoms. The Morgan fingerprint density at radius 2 is 1.93 bits per heavy atom. The molecular formula is C19H21N3O3S2. The number of sulfonamides is 1. The molecule has 0 saturated carbocycles. The zero-order valence-electron chi connectivity index (χ0n) is 15.3. The summed E-state index contributed by atoms with van der Waals surface area (Å²) in [5.74, 6) is 1.30. The Balaban J connectivity index is 1.46. The molecule has 0 unspecified atom stereocenters. The average Bonchev–Trinajstić information content (AvgIpc) is 3.35. The molecule has 2 aromatic heterocycles. The fourth-order valence-electron chi connectivity index (χ4n) is 3.27. The summed E-state index contributed by atoms with van der Waals surface area (Å²) in [5.41, 5.74) is 2.07. The lowest BCUT2D eigenvalue weighted by atomic mass is 9.98. The van der Waals surface area contributed by atoms with Crippen LogP contribution in [0, 0.1) is 13.8 Å². The Hall–Kier alpha value is -2.03. The van der Waals surface area contributed by atoms with E-state index in [1.807, 2.05) is 37.4 Å². The van der Waals surface area contributed by atoms with Crippen molar-refractivity contribution in [2.45, 2.75) is 37.5 Å². The quantitative estimate of drug-likeness (QED) is 0.658. The van der Waals surface area contributed by atoms with Gasteiger partial charge in [0.15, 0.2) is 0 Å². The lowest BCUT2D eigenvalue weighted by Gasteiger charge is -2.29. The van der Waals surface area contributed by atoms with Gasteiger partial charge in [0.05, 0.1) is 9.77 Å². The second-order valence-electron chi connectivity index (χ2n) is 6.86. The molecule has 0 radical (unpaired) electrons. The molecule has 1 saturated heterocycles. The predicted octanol–water partition coefficient (Wildman–Crippen LogP) is 3.98. The van der Waals surface area contributed by atoms with Crippen LogP contribution < -0.4 is 0 Å². The van der Waals surface area contributed by atoms with E-state index in [1.165, 1.54) is 0 Å². The van der Waals surface area contributed by atoms with Crippen molar-refractivity contribution in [3.05, 3.63) is 52.7 Å². The fraction of sp³-hybridized carbons (Fsp3) is 0.368. The summed E-state index contributed by atoms with van der Waals surface area (Å²) in [7, 11) is -3.47. The molecule has 1 aliphatic heterocycles. The topological polar surface area (TPSA) is 76.3 Å². The number of rotatable bonds is 4. The predicted molar refractivity (Wildman–Crippen MR) is 104 cm³/mol. The van der Waals surface area contributed by atoms with E-state index in [9.17, 15) is 8.42 Å². The van der Waals surface area contributed by atoms with E-state index in [0.717, 1.165) is 16.0 Å². The third-order valence-corrected chi connectivity index (χ3v) is 7.86. The van der Waals surface area contributed by atoms with Crippen LogP contribution in [0.1, 0.15) is 35.8 Å². The van der Waals surface area contributed by atoms with Crippen LogP contribution in [0.25, 0.3) is 10.7 Å². The maximum absolute atomic E-state index is 12.9. The normalized spacial score (nSPS) is 16.7. The van der Waals surface area contributed by atoms with Crippen molar-refractivity contribution in [2.24, 2.45) is 0 Å². The molecule has 8 heteroatoms. The van der Waals surface area contributed by atoms with Crippen LogP contribution in [0.2, 0.25) is 0 Å². The first kappa shape index (κ1) is 18.3. The summed E-state index contributed by atoms with van der Waals surface area (Å²) in [5, 5.41) is 6.03. The summed E-state index contributed by atoms with van der Waals surface area (Å²) >= 11 is 1.57. The monoisotopic (exact) mass is 403 g/mol. The first-order valence-corrected chi connectivity index (χ1v) is 11.2. The number of hydrogen-bond donors (Lipinski definition) is 0. The Morgan fingerprint density at radius 3 is 2.59 bits per heavy atom. The number of aromatic nitrogens is 2. The second-order valence-corrected chi connectivity index (χ2v) is 9.74. The molecular weight excluding hydrogens is 382 g/mol. The lowest BCUT2D eigenvalue weighted by molar-refractivity contribution is 0.271. The van der Waals surface area contributed by atoms with Crippen molar-refractivity contribution in [1.82, 2.24) is 14.4 Å². The van der Waals surface area contributed by atoms with Crippen LogP contribution in [-0.2, 0) is 10.0 Å². The minimum absolute atomic E-state index is 0.0948. The number of nitrogens with zero attached hydrogens (tertiary/aromatic N) is 3. The maximum atomic E-state index is 12.9. The molecule has 6 nitrogen and oxygen atoms in total. The van der Waals surface area contributed by atoms with Crippen LogP contribution in [0.15, 0.2) is 45.1 Å². The van der Waals surface area contributed by atoms with Crippen LogP contribution in [0.3, 0.4) is 0 Å². The number of hydrogen-bond acceptors (Lipinski definition) is 6. The van der Waals surface area contributed by atoms with E-state index in [1.54, 1.807) is 27.8 Å². The van der Waals surface area contributed by atoms with Crippen molar-refractivity contribution in [3.63, 3.8) is 0 Å². The van der Waals surface area contributed by atoms with Gasteiger partial charge in [0.1, 0.15) is 0 Å². The molecule has 3 aromatic rings. The highest BCUT2D eigenvalue weighted by atomic mass is 32.2. The molecule has 27 heavy (non-hydrogen) atoms. The highest BCUT2D eigenvalue weighted by molar-refractivity contribution is 7.89. The summed E-state index contributed by atoms with van der Waals surface area (Å²) in [6, 6.07) is 9.21. The van der Waals surface area contributed by atoms with Gasteiger partial charge in [0, 0.05) is 19.0 Å². The first-order chi connectivity index (χ1) is 12.9. The van der Waals surface area contributed by atoms with E-state index in [-0.39, 0.29) is 5.92 Å². The van der Waals surface area contributed by atoms with Crippen LogP contribution in [0.5, 0.6) is 0 Å². The summed E-state index contributed by atoms with van der Waals surface area (Å²) in [6.45, 7) is 4.82. The zero-order chi connectivity index (χ0) is 19.0. The molecule has 1 aromatic carbocycles. The van der Waals surface area contributed by atoms with E-state index in [0.29, 0.717) is 42.5 Å². The van der Waals surface area contributed by atoms with Crippen molar-refractivity contribution >= 4 is 21.4 Å². The van der Waals surface area contributed by atoms with Gasteiger partial charge in [-0.05, 0) is 61.4 Å². The molecule has 0 N–H and O–H groups in total. The van der Waals surface area contributed by atoms with Gasteiger partial charge in [-0.15, -0.1) is 11.3 Å². The van der Waals surface area contributed by atoms with Gasteiger partial charge in [-0.25, -0.2) is 8.42 Å². The molecule has 4 rings (SSSR count). The van der Waals surface area contributed by atoms with E-state index < -0.39 is 10.0 Å². The average molecular weight is 404 g/mol. The van der Waals surface area contributed by atoms with E-state index in [2.05, 4.69) is 10.1 Å². The number of benzene rings is 1. The van der Waals surface area contributed by atoms with Gasteiger partial charge in [-0.2, -0.15) is 9.29 Å². The molecule has 1 fully saturated rings. The molecule has 0 bridgehead atoms. The van der Waals surface area contributed by atoms with Gasteiger partial charge in [-0.3, -0.25) is 0 Å². The van der Waals surface area contributed by atoms with Gasteiger partial charge < -0.3 is 4.52 Å². The Kier molecular flexibility index (Phi) is 4.88. The lowest BCUT2D eigenvalue weighted by Crippen LogP contribution is -2.38. The minimum Gasteiger partial charge on any atom is -0.339 e. The fourth-order valence-corrected chi connectivity index (χ4v) is 5.48. The molecule has 0 atom stereocenters. The summed E-state index contributed by atoms with van der Waals surface area (Å²) in [4.78, 5) is 5.84. The highest BCUT2D eigenvalue weighted by Gasteiger charge is 2.32. The van der Waals surface area contributed by atoms with Gasteiger partial charge in [-0.1, -0.05) is 17.3 Å². The van der Waals surface area contributed by atoms with Gasteiger partial charge in [0.2, 0.25) is 21.7 Å². The van der Waals surface area contributed by atoms with Gasteiger partial charge in [0.25, 0.3) is 0 Å². The number of piperidine rings is 1. The van der Waals surface area contributed by atoms with Crippen LogP contribution in [0.4, 0.5) is 0 Å². The van der Waals surface area contributed by atoms with Crippen molar-refractivity contribution < 1.29 is 12.9 Å². The smallest absolute Gasteiger partial charge is 0.243 e. The SMILES string of the molecule is Cc1ccc(S(=O)(=O)N2CCC(c3nc(-c4cccs4)no3)CC2)cc1C. The van der Waals surface area contributed by atoms with Crippen molar-refractivity contribution in [1.29, 1.82) is 0 Å². The standard InChI is InChI=1S/C19H21N3O3S2/c1-13-5-6-16(12-14(13)2)27(23,24)22-9-7-15(8-10-22)19-20-18(21-25-19)17-4-3-11-26-17/h3-6,11-12,15H,7-10H2,1-2H3. The van der Waals surface area contributed by atoms with E-state index in [4.69, 9.17) is 4.52 Å².